The molecule has 2 atom stereocenters. The lowest BCUT2D eigenvalue weighted by Crippen LogP contribution is -2.42. The fourth-order valence-electron chi connectivity index (χ4n) is 2.13. The summed E-state index contributed by atoms with van der Waals surface area (Å²) in [6, 6.07) is 0.737. The van der Waals surface area contributed by atoms with Crippen molar-refractivity contribution in [2.24, 2.45) is 11.7 Å². The maximum Gasteiger partial charge on any atom is 0.223 e. The summed E-state index contributed by atoms with van der Waals surface area (Å²) < 4.78 is 0. The molecule has 3 N–H and O–H groups in total. The molecule has 0 aromatic heterocycles. The Morgan fingerprint density at radius 1 is 1.21 bits per heavy atom. The number of amides is 1. The molecule has 0 spiro atoms. The number of carbonyl (C=O) groups excluding carboxylic acids is 1. The van der Waals surface area contributed by atoms with Crippen molar-refractivity contribution < 1.29 is 4.79 Å². The molecular weight excluding hydrogens is 200 g/mol. The second-order valence-electron chi connectivity index (χ2n) is 4.41. The second-order valence-corrected chi connectivity index (χ2v) is 4.41. The van der Waals surface area contributed by atoms with E-state index in [4.69, 9.17) is 5.73 Å². The van der Waals surface area contributed by atoms with Crippen LogP contribution < -0.4 is 11.1 Å². The van der Waals surface area contributed by atoms with Crippen LogP contribution in [0, 0.1) is 5.92 Å². The molecule has 3 nitrogen and oxygen atoms in total. The monoisotopic (exact) mass is 218 g/mol. The smallest absolute Gasteiger partial charge is 0.223 e. The summed E-state index contributed by atoms with van der Waals surface area (Å²) in [5, 5.41) is 3.08. The van der Waals surface area contributed by atoms with E-state index in [0.29, 0.717) is 6.04 Å². The molecular formula is C10H19ClN2O. The third-order valence-electron chi connectivity index (χ3n) is 3.30. The zero-order valence-corrected chi connectivity index (χ0v) is 9.19. The number of hydrogen-bond donors (Lipinski definition) is 2. The van der Waals surface area contributed by atoms with Crippen LogP contribution in [0.5, 0.6) is 0 Å². The minimum atomic E-state index is 0. The topological polar surface area (TPSA) is 55.1 Å². The van der Waals surface area contributed by atoms with E-state index in [9.17, 15) is 4.79 Å². The Hall–Kier alpha value is -0.280. The fraction of sp³-hybridized carbons (Fsp3) is 0.900. The zero-order valence-electron chi connectivity index (χ0n) is 8.37. The van der Waals surface area contributed by atoms with E-state index in [2.05, 4.69) is 5.32 Å². The molecule has 2 saturated carbocycles. The van der Waals surface area contributed by atoms with Gasteiger partial charge in [0.05, 0.1) is 0 Å². The van der Waals surface area contributed by atoms with Crippen LogP contribution in [0.15, 0.2) is 0 Å². The maximum atomic E-state index is 11.6. The summed E-state index contributed by atoms with van der Waals surface area (Å²) in [5.74, 6) is 0.452. The average molecular weight is 219 g/mol. The first-order valence-corrected chi connectivity index (χ1v) is 5.31. The predicted octanol–water partition coefficient (Wildman–Crippen LogP) is 1.20. The molecule has 2 aliphatic rings. The quantitative estimate of drug-likeness (QED) is 0.732. The Morgan fingerprint density at radius 2 is 1.93 bits per heavy atom. The molecule has 2 rings (SSSR count). The maximum absolute atomic E-state index is 11.6. The van der Waals surface area contributed by atoms with Crippen LogP contribution in [0.4, 0.5) is 0 Å². The molecule has 2 fully saturated rings. The zero-order chi connectivity index (χ0) is 9.26. The predicted molar refractivity (Wildman–Crippen MR) is 58.3 cm³/mol. The highest BCUT2D eigenvalue weighted by Crippen LogP contribution is 2.25. The van der Waals surface area contributed by atoms with Crippen molar-refractivity contribution in [2.45, 2.75) is 50.6 Å². The molecule has 0 heterocycles. The van der Waals surface area contributed by atoms with Gasteiger partial charge in [0.1, 0.15) is 0 Å². The number of nitrogens with one attached hydrogen (secondary N) is 1. The Labute approximate surface area is 91.2 Å². The normalized spacial score (nSPS) is 31.8. The Balaban J connectivity index is 0.000000980. The highest BCUT2D eigenvalue weighted by molar-refractivity contribution is 5.85. The highest BCUT2D eigenvalue weighted by atomic mass is 35.5. The Bertz CT molecular complexity index is 206. The number of rotatable bonds is 2. The molecule has 4 heteroatoms. The first kappa shape index (κ1) is 11.8. The lowest BCUT2D eigenvalue weighted by atomic mass is 9.92. The second kappa shape index (κ2) is 4.99. The molecule has 2 aliphatic carbocycles. The van der Waals surface area contributed by atoms with Gasteiger partial charge < -0.3 is 11.1 Å². The summed E-state index contributed by atoms with van der Waals surface area (Å²) in [7, 11) is 0. The summed E-state index contributed by atoms with van der Waals surface area (Å²) >= 11 is 0. The van der Waals surface area contributed by atoms with Gasteiger partial charge in [0.2, 0.25) is 5.91 Å². The van der Waals surface area contributed by atoms with Gasteiger partial charge >= 0.3 is 0 Å². The summed E-state index contributed by atoms with van der Waals surface area (Å²) in [6.07, 6.45) is 6.51. The highest BCUT2D eigenvalue weighted by Gasteiger charge is 2.30. The van der Waals surface area contributed by atoms with Crippen LogP contribution in [0.25, 0.3) is 0 Å². The van der Waals surface area contributed by atoms with Crippen molar-refractivity contribution in [3.05, 3.63) is 0 Å². The van der Waals surface area contributed by atoms with E-state index in [1.54, 1.807) is 0 Å². The van der Waals surface area contributed by atoms with E-state index in [-0.39, 0.29) is 30.3 Å². The lowest BCUT2D eigenvalue weighted by Gasteiger charge is -2.27. The molecule has 2 unspecified atom stereocenters. The molecule has 14 heavy (non-hydrogen) atoms. The molecule has 1 amide bonds. The van der Waals surface area contributed by atoms with Crippen molar-refractivity contribution in [3.8, 4) is 0 Å². The van der Waals surface area contributed by atoms with Crippen LogP contribution in [0.3, 0.4) is 0 Å². The third-order valence-corrected chi connectivity index (χ3v) is 3.30. The van der Waals surface area contributed by atoms with Crippen LogP contribution in [-0.4, -0.2) is 18.0 Å². The van der Waals surface area contributed by atoms with Gasteiger partial charge in [-0.05, 0) is 38.5 Å². The first-order chi connectivity index (χ1) is 6.25. The van der Waals surface area contributed by atoms with Crippen LogP contribution in [0.1, 0.15) is 38.5 Å². The molecule has 0 radical (unpaired) electrons. The van der Waals surface area contributed by atoms with Gasteiger partial charge in [0, 0.05) is 18.0 Å². The van der Waals surface area contributed by atoms with Gasteiger partial charge in [-0.25, -0.2) is 0 Å². The number of halogens is 1. The van der Waals surface area contributed by atoms with E-state index >= 15 is 0 Å². The van der Waals surface area contributed by atoms with E-state index in [0.717, 1.165) is 19.3 Å². The van der Waals surface area contributed by atoms with Crippen molar-refractivity contribution in [1.29, 1.82) is 0 Å². The van der Waals surface area contributed by atoms with E-state index in [1.807, 2.05) is 0 Å². The van der Waals surface area contributed by atoms with Gasteiger partial charge in [-0.1, -0.05) is 0 Å². The van der Waals surface area contributed by atoms with Crippen molar-refractivity contribution in [1.82, 2.24) is 5.32 Å². The van der Waals surface area contributed by atoms with Crippen molar-refractivity contribution in [2.75, 3.05) is 0 Å². The van der Waals surface area contributed by atoms with Gasteiger partial charge in [0.25, 0.3) is 0 Å². The van der Waals surface area contributed by atoms with Crippen molar-refractivity contribution in [3.63, 3.8) is 0 Å². The van der Waals surface area contributed by atoms with Crippen LogP contribution >= 0.6 is 12.4 Å². The van der Waals surface area contributed by atoms with Crippen molar-refractivity contribution >= 4 is 18.3 Å². The fourth-order valence-corrected chi connectivity index (χ4v) is 2.13. The van der Waals surface area contributed by atoms with Gasteiger partial charge in [-0.3, -0.25) is 4.79 Å². The van der Waals surface area contributed by atoms with Gasteiger partial charge in [-0.15, -0.1) is 12.4 Å². The Morgan fingerprint density at radius 3 is 2.36 bits per heavy atom. The SMILES string of the molecule is Cl.NC1CCC(C(=O)NC2CCC2)C1. The van der Waals surface area contributed by atoms with Gasteiger partial charge in [0.15, 0.2) is 0 Å². The average Bonchev–Trinajstić information content (AvgIpc) is 2.44. The van der Waals surface area contributed by atoms with Crippen LogP contribution in [-0.2, 0) is 4.79 Å². The van der Waals surface area contributed by atoms with E-state index < -0.39 is 0 Å². The van der Waals surface area contributed by atoms with E-state index in [1.165, 1.54) is 19.3 Å². The first-order valence-electron chi connectivity index (χ1n) is 5.31. The molecule has 0 aliphatic heterocycles. The molecule has 0 aromatic rings. The number of carbonyl (C=O) groups is 1. The summed E-state index contributed by atoms with van der Waals surface area (Å²) in [4.78, 5) is 11.6. The Kier molecular flexibility index (Phi) is 4.20. The minimum Gasteiger partial charge on any atom is -0.353 e. The van der Waals surface area contributed by atoms with Gasteiger partial charge in [-0.2, -0.15) is 0 Å². The van der Waals surface area contributed by atoms with Crippen LogP contribution in [0.2, 0.25) is 0 Å². The molecule has 0 bridgehead atoms. The number of hydrogen-bond acceptors (Lipinski definition) is 2. The largest absolute Gasteiger partial charge is 0.353 e. The molecule has 0 saturated heterocycles. The lowest BCUT2D eigenvalue weighted by molar-refractivity contribution is -0.126. The number of nitrogens with two attached hydrogens (primary N) is 1. The molecule has 82 valence electrons. The summed E-state index contributed by atoms with van der Waals surface area (Å²) in [5.41, 5.74) is 5.76. The minimum absolute atomic E-state index is 0. The third kappa shape index (κ3) is 2.61. The molecule has 0 aromatic carbocycles. The standard InChI is InChI=1S/C10H18N2O.ClH/c11-8-5-4-7(6-8)10(13)12-9-2-1-3-9;/h7-9H,1-6,11H2,(H,12,13);1H. The summed E-state index contributed by atoms with van der Waals surface area (Å²) in [6.45, 7) is 0.